The predicted octanol–water partition coefficient (Wildman–Crippen LogP) is 1.50. The van der Waals surface area contributed by atoms with Gasteiger partial charge in [-0.2, -0.15) is 5.10 Å². The van der Waals surface area contributed by atoms with Gasteiger partial charge >= 0.3 is 0 Å². The zero-order valence-electron chi connectivity index (χ0n) is 14.3. The van der Waals surface area contributed by atoms with Crippen LogP contribution in [0.1, 0.15) is 10.6 Å². The van der Waals surface area contributed by atoms with Crippen LogP contribution in [0, 0.1) is 6.92 Å². The summed E-state index contributed by atoms with van der Waals surface area (Å²) in [6.45, 7) is 2.22. The number of hydrogen-bond donors (Lipinski definition) is 0. The summed E-state index contributed by atoms with van der Waals surface area (Å²) in [6.07, 6.45) is 2.43. The monoisotopic (exact) mass is 389 g/mol. The molecule has 0 saturated heterocycles. The molecule has 0 aliphatic carbocycles. The van der Waals surface area contributed by atoms with Gasteiger partial charge in [-0.3, -0.25) is 9.36 Å². The molecule has 0 amide bonds. The summed E-state index contributed by atoms with van der Waals surface area (Å²) in [7, 11) is -2.09. The zero-order chi connectivity index (χ0) is 18.6. The summed E-state index contributed by atoms with van der Waals surface area (Å²) in [5.74, 6) is 0. The van der Waals surface area contributed by atoms with Gasteiger partial charge in [-0.25, -0.2) is 23.1 Å². The van der Waals surface area contributed by atoms with Gasteiger partial charge in [0.25, 0.3) is 5.56 Å². The van der Waals surface area contributed by atoms with E-state index in [1.165, 1.54) is 26.9 Å². The lowest BCUT2D eigenvalue weighted by Gasteiger charge is -2.03. The fourth-order valence-electron chi connectivity index (χ4n) is 2.82. The molecule has 134 valence electrons. The molecule has 0 fully saturated rings. The Kier molecular flexibility index (Phi) is 3.70. The van der Waals surface area contributed by atoms with Gasteiger partial charge in [-0.1, -0.05) is 6.07 Å². The highest BCUT2D eigenvalue weighted by molar-refractivity contribution is 7.90. The lowest BCUT2D eigenvalue weighted by Crippen LogP contribution is -2.22. The van der Waals surface area contributed by atoms with Crippen LogP contribution in [0.2, 0.25) is 0 Å². The molecular formula is C16H15N5O3S2. The van der Waals surface area contributed by atoms with Crippen molar-refractivity contribution in [2.75, 3.05) is 6.26 Å². The van der Waals surface area contributed by atoms with Crippen LogP contribution in [0.25, 0.3) is 21.3 Å². The number of hydrogen-bond acceptors (Lipinski definition) is 7. The lowest BCUT2D eigenvalue weighted by atomic mass is 10.2. The van der Waals surface area contributed by atoms with Crippen molar-refractivity contribution in [2.45, 2.75) is 18.5 Å². The Morgan fingerprint density at radius 2 is 2.04 bits per heavy atom. The zero-order valence-corrected chi connectivity index (χ0v) is 15.9. The summed E-state index contributed by atoms with van der Waals surface area (Å²) < 4.78 is 27.6. The first-order chi connectivity index (χ1) is 12.2. The third-order valence-corrected chi connectivity index (χ3v) is 6.03. The molecule has 26 heavy (non-hydrogen) atoms. The molecule has 3 aromatic heterocycles. The molecule has 1 aromatic carbocycles. The Balaban J connectivity index is 1.86. The van der Waals surface area contributed by atoms with E-state index in [1.807, 2.05) is 25.1 Å². The summed E-state index contributed by atoms with van der Waals surface area (Å²) >= 11 is 1.49. The van der Waals surface area contributed by atoms with Crippen LogP contribution < -0.4 is 5.56 Å². The van der Waals surface area contributed by atoms with E-state index in [-0.39, 0.29) is 22.6 Å². The lowest BCUT2D eigenvalue weighted by molar-refractivity contribution is 0.595. The van der Waals surface area contributed by atoms with Crippen LogP contribution >= 0.6 is 11.3 Å². The van der Waals surface area contributed by atoms with Gasteiger partial charge in [0.05, 0.1) is 16.8 Å². The van der Waals surface area contributed by atoms with Crippen molar-refractivity contribution in [1.29, 1.82) is 0 Å². The maximum atomic E-state index is 12.9. The third kappa shape index (κ3) is 2.71. The first-order valence-corrected chi connectivity index (χ1v) is 10.4. The van der Waals surface area contributed by atoms with Gasteiger partial charge in [-0.05, 0) is 24.6 Å². The molecule has 4 rings (SSSR count). The van der Waals surface area contributed by atoms with Crippen molar-refractivity contribution >= 4 is 42.4 Å². The number of fused-ring (bicyclic) bond motifs is 2. The minimum Gasteiger partial charge on any atom is -0.292 e. The molecule has 3 heterocycles. The second-order valence-electron chi connectivity index (χ2n) is 6.16. The van der Waals surface area contributed by atoms with E-state index in [9.17, 15) is 13.2 Å². The highest BCUT2D eigenvalue weighted by Crippen LogP contribution is 2.23. The van der Waals surface area contributed by atoms with Crippen LogP contribution in [0.15, 0.2) is 34.3 Å². The van der Waals surface area contributed by atoms with Crippen molar-refractivity contribution < 1.29 is 8.42 Å². The number of thiazole rings is 1. The SMILES string of the molecule is Cc1ccc2sc(Cn3cnc4c(c(S(C)(=O)=O)nn4C)c3=O)nc2c1. The molecule has 0 N–H and O–H groups in total. The number of sulfone groups is 1. The van der Waals surface area contributed by atoms with Crippen LogP contribution in [0.4, 0.5) is 0 Å². The summed E-state index contributed by atoms with van der Waals surface area (Å²) in [5.41, 5.74) is 1.79. The van der Waals surface area contributed by atoms with E-state index in [0.717, 1.165) is 27.0 Å². The topological polar surface area (TPSA) is 99.7 Å². The molecule has 0 saturated carbocycles. The molecule has 4 aromatic rings. The van der Waals surface area contributed by atoms with E-state index >= 15 is 0 Å². The average molecular weight is 389 g/mol. The van der Waals surface area contributed by atoms with E-state index in [0.29, 0.717) is 0 Å². The minimum atomic E-state index is -3.64. The maximum Gasteiger partial charge on any atom is 0.266 e. The maximum absolute atomic E-state index is 12.9. The van der Waals surface area contributed by atoms with Crippen molar-refractivity contribution in [3.63, 3.8) is 0 Å². The van der Waals surface area contributed by atoms with Crippen molar-refractivity contribution in [2.24, 2.45) is 7.05 Å². The van der Waals surface area contributed by atoms with E-state index in [2.05, 4.69) is 15.1 Å². The Hall–Kier alpha value is -2.59. The molecule has 0 aliphatic heterocycles. The van der Waals surface area contributed by atoms with Gasteiger partial charge in [0.1, 0.15) is 16.7 Å². The highest BCUT2D eigenvalue weighted by Gasteiger charge is 2.23. The Bertz CT molecular complexity index is 1330. The number of nitrogens with zero attached hydrogens (tertiary/aromatic N) is 5. The molecule has 0 spiro atoms. The Morgan fingerprint density at radius 3 is 2.77 bits per heavy atom. The fraction of sp³-hybridized carbons (Fsp3) is 0.250. The molecule has 8 nitrogen and oxygen atoms in total. The largest absolute Gasteiger partial charge is 0.292 e. The van der Waals surface area contributed by atoms with Crippen LogP contribution in [-0.2, 0) is 23.4 Å². The van der Waals surface area contributed by atoms with Crippen LogP contribution in [-0.4, -0.2) is 39.0 Å². The smallest absolute Gasteiger partial charge is 0.266 e. The van der Waals surface area contributed by atoms with Crippen LogP contribution in [0.5, 0.6) is 0 Å². The first-order valence-electron chi connectivity index (χ1n) is 7.72. The van der Waals surface area contributed by atoms with Gasteiger partial charge in [0, 0.05) is 13.3 Å². The second-order valence-corrected chi connectivity index (χ2v) is 9.20. The predicted molar refractivity (Wildman–Crippen MR) is 99.3 cm³/mol. The minimum absolute atomic E-state index is 0.00876. The number of aryl methyl sites for hydroxylation is 2. The van der Waals surface area contributed by atoms with E-state index in [4.69, 9.17) is 0 Å². The van der Waals surface area contributed by atoms with E-state index in [1.54, 1.807) is 7.05 Å². The van der Waals surface area contributed by atoms with Gasteiger partial charge < -0.3 is 0 Å². The van der Waals surface area contributed by atoms with Gasteiger partial charge in [0.2, 0.25) is 0 Å². The molecule has 0 bridgehead atoms. The molecule has 0 unspecified atom stereocenters. The molecule has 0 aliphatic rings. The third-order valence-electron chi connectivity index (χ3n) is 4.02. The number of benzene rings is 1. The fourth-order valence-corrected chi connectivity index (χ4v) is 4.58. The number of aromatic nitrogens is 5. The summed E-state index contributed by atoms with van der Waals surface area (Å²) in [4.78, 5) is 21.6. The average Bonchev–Trinajstić information content (AvgIpc) is 3.10. The van der Waals surface area contributed by atoms with Gasteiger partial charge in [-0.15, -0.1) is 11.3 Å². The van der Waals surface area contributed by atoms with Crippen molar-refractivity contribution in [3.8, 4) is 0 Å². The van der Waals surface area contributed by atoms with E-state index < -0.39 is 15.4 Å². The quantitative estimate of drug-likeness (QED) is 0.526. The highest BCUT2D eigenvalue weighted by atomic mass is 32.2. The standard InChI is InChI=1S/C16H15N5O3S2/c1-9-4-5-11-10(6-9)18-12(25-11)7-21-8-17-14-13(16(21)22)15(19-20(14)2)26(3,23)24/h4-6,8H,7H2,1-3H3. The van der Waals surface area contributed by atoms with Crippen LogP contribution in [0.3, 0.4) is 0 Å². The Labute approximate surface area is 152 Å². The first kappa shape index (κ1) is 16.9. The second kappa shape index (κ2) is 5.71. The number of rotatable bonds is 3. The summed E-state index contributed by atoms with van der Waals surface area (Å²) in [5, 5.41) is 4.46. The normalized spacial score (nSPS) is 12.3. The summed E-state index contributed by atoms with van der Waals surface area (Å²) in [6, 6.07) is 6.00. The molecule has 10 heteroatoms. The van der Waals surface area contributed by atoms with Crippen molar-refractivity contribution in [3.05, 3.63) is 45.5 Å². The Morgan fingerprint density at radius 1 is 1.27 bits per heavy atom. The van der Waals surface area contributed by atoms with Gasteiger partial charge in [0.15, 0.2) is 20.5 Å². The molecular weight excluding hydrogens is 374 g/mol. The molecule has 0 atom stereocenters. The van der Waals surface area contributed by atoms with Crippen molar-refractivity contribution in [1.82, 2.24) is 24.3 Å². The molecule has 0 radical (unpaired) electrons.